The Morgan fingerprint density at radius 3 is 2.96 bits per heavy atom. The molecule has 6 heteroatoms. The van der Waals surface area contributed by atoms with E-state index in [1.165, 1.54) is 24.1 Å². The second-order valence-corrected chi connectivity index (χ2v) is 6.88. The van der Waals surface area contributed by atoms with Gasteiger partial charge in [0.05, 0.1) is 11.8 Å². The molecule has 0 spiro atoms. The van der Waals surface area contributed by atoms with Crippen molar-refractivity contribution in [1.29, 1.82) is 0 Å². The summed E-state index contributed by atoms with van der Waals surface area (Å²) in [5.41, 5.74) is 2.43. The summed E-state index contributed by atoms with van der Waals surface area (Å²) < 4.78 is 7.58. The van der Waals surface area contributed by atoms with Crippen molar-refractivity contribution < 1.29 is 4.74 Å². The van der Waals surface area contributed by atoms with Gasteiger partial charge >= 0.3 is 0 Å². The summed E-state index contributed by atoms with van der Waals surface area (Å²) in [5, 5.41) is 7.99. The zero-order valence-electron chi connectivity index (χ0n) is 15.9. The molecular formula is C18H33N5O. The Morgan fingerprint density at radius 2 is 2.33 bits per heavy atom. The van der Waals surface area contributed by atoms with Crippen molar-refractivity contribution in [3.05, 3.63) is 17.5 Å². The van der Waals surface area contributed by atoms with Gasteiger partial charge in [0.15, 0.2) is 5.96 Å². The van der Waals surface area contributed by atoms with Gasteiger partial charge in [-0.25, -0.2) is 0 Å². The van der Waals surface area contributed by atoms with Crippen molar-refractivity contribution in [3.63, 3.8) is 0 Å². The SMILES string of the molecule is CCNC(=NCCC1CCCO1)N(C)Cc1cn(C)nc1C(C)C. The molecule has 0 bridgehead atoms. The van der Waals surface area contributed by atoms with Crippen LogP contribution in [0.3, 0.4) is 0 Å². The number of nitrogens with zero attached hydrogens (tertiary/aromatic N) is 4. The third kappa shape index (κ3) is 5.23. The largest absolute Gasteiger partial charge is 0.378 e. The number of hydrogen-bond donors (Lipinski definition) is 1. The van der Waals surface area contributed by atoms with Crippen molar-refractivity contribution >= 4 is 5.96 Å². The van der Waals surface area contributed by atoms with Crippen LogP contribution in [0.4, 0.5) is 0 Å². The first-order valence-electron chi connectivity index (χ1n) is 9.14. The maximum atomic E-state index is 5.68. The van der Waals surface area contributed by atoms with E-state index in [-0.39, 0.29) is 0 Å². The molecule has 2 heterocycles. The number of aryl methyl sites for hydroxylation is 1. The average Bonchev–Trinajstić information content (AvgIpc) is 3.16. The van der Waals surface area contributed by atoms with Gasteiger partial charge in [-0.3, -0.25) is 9.67 Å². The van der Waals surface area contributed by atoms with Gasteiger partial charge in [-0.1, -0.05) is 13.8 Å². The van der Waals surface area contributed by atoms with Crippen LogP contribution < -0.4 is 5.32 Å². The molecule has 0 saturated carbocycles. The molecule has 1 aromatic rings. The molecule has 1 aromatic heterocycles. The highest BCUT2D eigenvalue weighted by Gasteiger charge is 2.16. The monoisotopic (exact) mass is 335 g/mol. The average molecular weight is 335 g/mol. The Kier molecular flexibility index (Phi) is 7.09. The van der Waals surface area contributed by atoms with Crippen LogP contribution in [0.1, 0.15) is 57.2 Å². The maximum absolute atomic E-state index is 5.68. The molecule has 0 radical (unpaired) electrons. The van der Waals surface area contributed by atoms with E-state index in [0.717, 1.165) is 38.6 Å². The maximum Gasteiger partial charge on any atom is 0.193 e. The van der Waals surface area contributed by atoms with Gasteiger partial charge in [0.25, 0.3) is 0 Å². The molecule has 6 nitrogen and oxygen atoms in total. The molecule has 1 saturated heterocycles. The number of aromatic nitrogens is 2. The number of nitrogens with one attached hydrogen (secondary N) is 1. The number of hydrogen-bond acceptors (Lipinski definition) is 3. The molecule has 0 aromatic carbocycles. The lowest BCUT2D eigenvalue weighted by molar-refractivity contribution is 0.106. The lowest BCUT2D eigenvalue weighted by atomic mass is 10.1. The van der Waals surface area contributed by atoms with Crippen LogP contribution in [0.15, 0.2) is 11.2 Å². The molecule has 1 N–H and O–H groups in total. The Morgan fingerprint density at radius 1 is 1.54 bits per heavy atom. The number of rotatable bonds is 7. The third-order valence-electron chi connectivity index (χ3n) is 4.32. The highest BCUT2D eigenvalue weighted by atomic mass is 16.5. The van der Waals surface area contributed by atoms with E-state index in [4.69, 9.17) is 9.73 Å². The zero-order valence-corrected chi connectivity index (χ0v) is 15.9. The standard InChI is InChI=1S/C18H33N5O/c1-6-19-18(20-10-9-16-8-7-11-24-16)22(4)12-15-13-23(5)21-17(15)14(2)3/h13-14,16H,6-12H2,1-5H3,(H,19,20). The molecule has 24 heavy (non-hydrogen) atoms. The number of aliphatic imine (C=N–C) groups is 1. The minimum atomic E-state index is 0.396. The Labute approximate surface area is 146 Å². The molecule has 1 unspecified atom stereocenters. The summed E-state index contributed by atoms with van der Waals surface area (Å²) in [4.78, 5) is 6.96. The predicted molar refractivity (Wildman–Crippen MR) is 98.3 cm³/mol. The van der Waals surface area contributed by atoms with E-state index in [1.807, 2.05) is 11.7 Å². The molecule has 0 aliphatic carbocycles. The van der Waals surface area contributed by atoms with Crippen LogP contribution in [-0.2, 0) is 18.3 Å². The first-order chi connectivity index (χ1) is 11.5. The highest BCUT2D eigenvalue weighted by Crippen LogP contribution is 2.19. The molecule has 0 amide bonds. The van der Waals surface area contributed by atoms with Crippen molar-refractivity contribution in [3.8, 4) is 0 Å². The van der Waals surface area contributed by atoms with E-state index in [1.54, 1.807) is 0 Å². The molecule has 1 aliphatic heterocycles. The van der Waals surface area contributed by atoms with Gasteiger partial charge in [0.2, 0.25) is 0 Å². The van der Waals surface area contributed by atoms with Crippen molar-refractivity contribution in [1.82, 2.24) is 20.0 Å². The fourth-order valence-electron chi connectivity index (χ4n) is 3.15. The number of ether oxygens (including phenoxy) is 1. The molecular weight excluding hydrogens is 302 g/mol. The summed E-state index contributed by atoms with van der Waals surface area (Å²) in [6.07, 6.45) is 5.88. The third-order valence-corrected chi connectivity index (χ3v) is 4.32. The normalized spacial score (nSPS) is 18.4. The first-order valence-corrected chi connectivity index (χ1v) is 9.14. The minimum Gasteiger partial charge on any atom is -0.378 e. The van der Waals surface area contributed by atoms with Crippen LogP contribution >= 0.6 is 0 Å². The van der Waals surface area contributed by atoms with Crippen LogP contribution in [0.25, 0.3) is 0 Å². The molecule has 2 rings (SSSR count). The first kappa shape index (κ1) is 18.8. The van der Waals surface area contributed by atoms with Crippen LogP contribution in [-0.4, -0.2) is 53.5 Å². The van der Waals surface area contributed by atoms with Crippen molar-refractivity contribution in [2.24, 2.45) is 12.0 Å². The van der Waals surface area contributed by atoms with Crippen molar-refractivity contribution in [2.75, 3.05) is 26.7 Å². The van der Waals surface area contributed by atoms with Gasteiger partial charge in [0, 0.05) is 52.1 Å². The van der Waals surface area contributed by atoms with E-state index in [0.29, 0.717) is 12.0 Å². The van der Waals surface area contributed by atoms with Gasteiger partial charge in [-0.05, 0) is 32.1 Å². The topological polar surface area (TPSA) is 54.7 Å². The lowest BCUT2D eigenvalue weighted by Gasteiger charge is -2.22. The Balaban J connectivity index is 1.98. The summed E-state index contributed by atoms with van der Waals surface area (Å²) in [7, 11) is 4.07. The number of guanidine groups is 1. The van der Waals surface area contributed by atoms with E-state index in [9.17, 15) is 0 Å². The molecule has 1 fully saturated rings. The van der Waals surface area contributed by atoms with Crippen LogP contribution in [0.5, 0.6) is 0 Å². The Bertz CT molecular complexity index is 532. The second-order valence-electron chi connectivity index (χ2n) is 6.88. The van der Waals surface area contributed by atoms with E-state index in [2.05, 4.69) is 49.3 Å². The van der Waals surface area contributed by atoms with Crippen LogP contribution in [0, 0.1) is 0 Å². The van der Waals surface area contributed by atoms with Crippen molar-refractivity contribution in [2.45, 2.75) is 58.6 Å². The predicted octanol–water partition coefficient (Wildman–Crippen LogP) is 2.51. The fourth-order valence-corrected chi connectivity index (χ4v) is 3.15. The Hall–Kier alpha value is -1.56. The summed E-state index contributed by atoms with van der Waals surface area (Å²) in [6.45, 7) is 9.88. The van der Waals surface area contributed by atoms with E-state index < -0.39 is 0 Å². The fraction of sp³-hybridized carbons (Fsp3) is 0.778. The molecule has 1 atom stereocenters. The van der Waals surface area contributed by atoms with E-state index >= 15 is 0 Å². The molecule has 136 valence electrons. The smallest absolute Gasteiger partial charge is 0.193 e. The summed E-state index contributed by atoms with van der Waals surface area (Å²) >= 11 is 0. The summed E-state index contributed by atoms with van der Waals surface area (Å²) in [6, 6.07) is 0. The van der Waals surface area contributed by atoms with Gasteiger partial charge in [-0.15, -0.1) is 0 Å². The molecule has 1 aliphatic rings. The van der Waals surface area contributed by atoms with Crippen LogP contribution in [0.2, 0.25) is 0 Å². The minimum absolute atomic E-state index is 0.396. The lowest BCUT2D eigenvalue weighted by Crippen LogP contribution is -2.38. The van der Waals surface area contributed by atoms with Gasteiger partial charge in [-0.2, -0.15) is 5.10 Å². The second kappa shape index (κ2) is 9.06. The zero-order chi connectivity index (χ0) is 17.5. The van der Waals surface area contributed by atoms with Gasteiger partial charge in [0.1, 0.15) is 0 Å². The van der Waals surface area contributed by atoms with Gasteiger partial charge < -0.3 is 15.0 Å². The quantitative estimate of drug-likeness (QED) is 0.614. The summed E-state index contributed by atoms with van der Waals surface area (Å²) in [5.74, 6) is 1.38. The highest BCUT2D eigenvalue weighted by molar-refractivity contribution is 5.79.